The Hall–Kier alpha value is -0.670. The first-order valence-electron chi connectivity index (χ1n) is 10.4. The highest BCUT2D eigenvalue weighted by Crippen LogP contribution is 2.66. The van der Waals surface area contributed by atoms with Crippen molar-refractivity contribution >= 4 is 5.78 Å². The van der Waals surface area contributed by atoms with Crippen LogP contribution in [0.25, 0.3) is 0 Å². The first-order chi connectivity index (χ1) is 11.9. The van der Waals surface area contributed by atoms with Gasteiger partial charge >= 0.3 is 0 Å². The van der Waals surface area contributed by atoms with Gasteiger partial charge in [-0.05, 0) is 61.9 Å². The summed E-state index contributed by atoms with van der Waals surface area (Å²) in [6.07, 6.45) is 10.1. The van der Waals surface area contributed by atoms with Crippen molar-refractivity contribution in [2.24, 2.45) is 34.5 Å². The van der Waals surface area contributed by atoms with Crippen molar-refractivity contribution < 1.29 is 14.3 Å². The van der Waals surface area contributed by atoms with Crippen LogP contribution in [0.5, 0.6) is 0 Å². The third-order valence-electron chi connectivity index (χ3n) is 8.93. The van der Waals surface area contributed by atoms with E-state index < -0.39 is 5.79 Å². The molecule has 0 bridgehead atoms. The van der Waals surface area contributed by atoms with Crippen molar-refractivity contribution in [3.8, 4) is 0 Å². The second-order valence-electron chi connectivity index (χ2n) is 10.0. The molecule has 0 radical (unpaired) electrons. The van der Waals surface area contributed by atoms with Crippen molar-refractivity contribution in [3.05, 3.63) is 11.6 Å². The minimum Gasteiger partial charge on any atom is -0.349 e. The molecule has 138 valence electrons. The zero-order valence-electron chi connectivity index (χ0n) is 16.0. The molecular formula is C22H32O3. The third-order valence-corrected chi connectivity index (χ3v) is 8.93. The molecule has 2 saturated heterocycles. The van der Waals surface area contributed by atoms with Crippen LogP contribution in [0, 0.1) is 34.5 Å². The molecule has 3 aliphatic carbocycles. The number of ether oxygens (including phenoxy) is 2. The number of rotatable bonds is 0. The van der Waals surface area contributed by atoms with Crippen molar-refractivity contribution in [1.82, 2.24) is 0 Å². The van der Waals surface area contributed by atoms with E-state index >= 15 is 0 Å². The lowest BCUT2D eigenvalue weighted by molar-refractivity contribution is -0.238. The predicted molar refractivity (Wildman–Crippen MR) is 95.9 cm³/mol. The number of allylic oxidation sites excluding steroid dienone is 2. The molecule has 0 N–H and O–H groups in total. The average Bonchev–Trinajstić information content (AvgIpc) is 3.17. The van der Waals surface area contributed by atoms with E-state index in [4.69, 9.17) is 9.47 Å². The van der Waals surface area contributed by atoms with Gasteiger partial charge in [-0.3, -0.25) is 4.79 Å². The smallest absolute Gasteiger partial charge is 0.174 e. The van der Waals surface area contributed by atoms with Gasteiger partial charge in [0, 0.05) is 23.7 Å². The second kappa shape index (κ2) is 5.19. The topological polar surface area (TPSA) is 35.5 Å². The third kappa shape index (κ3) is 1.97. The van der Waals surface area contributed by atoms with Gasteiger partial charge in [-0.2, -0.15) is 0 Å². The molecule has 3 heteroatoms. The molecule has 5 rings (SSSR count). The molecule has 25 heavy (non-hydrogen) atoms. The molecule has 2 saturated carbocycles. The Morgan fingerprint density at radius 1 is 1.08 bits per heavy atom. The van der Waals surface area contributed by atoms with E-state index in [9.17, 15) is 4.79 Å². The number of ketones is 1. The van der Waals surface area contributed by atoms with E-state index in [0.717, 1.165) is 44.6 Å². The van der Waals surface area contributed by atoms with Crippen LogP contribution >= 0.6 is 0 Å². The van der Waals surface area contributed by atoms with Gasteiger partial charge in [-0.25, -0.2) is 0 Å². The van der Waals surface area contributed by atoms with Crippen LogP contribution in [-0.2, 0) is 14.3 Å². The predicted octanol–water partition coefficient (Wildman–Crippen LogP) is 4.51. The molecule has 0 aromatic heterocycles. The largest absolute Gasteiger partial charge is 0.349 e. The van der Waals surface area contributed by atoms with Crippen molar-refractivity contribution in [2.45, 2.75) is 71.5 Å². The molecule has 0 aromatic carbocycles. The van der Waals surface area contributed by atoms with Crippen molar-refractivity contribution in [3.63, 3.8) is 0 Å². The summed E-state index contributed by atoms with van der Waals surface area (Å²) in [6, 6.07) is 0. The Morgan fingerprint density at radius 3 is 2.68 bits per heavy atom. The van der Waals surface area contributed by atoms with Gasteiger partial charge in [0.25, 0.3) is 0 Å². The summed E-state index contributed by atoms with van der Waals surface area (Å²) in [7, 11) is 0. The molecule has 7 atom stereocenters. The number of fused-ring (bicyclic) bond motifs is 6. The lowest BCUT2D eigenvalue weighted by Crippen LogP contribution is -2.56. The summed E-state index contributed by atoms with van der Waals surface area (Å²) in [5.41, 5.74) is 1.69. The Balaban J connectivity index is 1.54. The Morgan fingerprint density at radius 2 is 1.92 bits per heavy atom. The molecule has 2 aliphatic heterocycles. The summed E-state index contributed by atoms with van der Waals surface area (Å²) in [6.45, 7) is 8.66. The molecule has 3 nitrogen and oxygen atoms in total. The molecule has 0 amide bonds. The van der Waals surface area contributed by atoms with Gasteiger partial charge in [0.05, 0.1) is 13.2 Å². The highest BCUT2D eigenvalue weighted by atomic mass is 16.7. The fraction of sp³-hybridized carbons (Fsp3) is 0.864. The van der Waals surface area contributed by atoms with Gasteiger partial charge in [-0.15, -0.1) is 0 Å². The molecule has 5 aliphatic rings. The highest BCUT2D eigenvalue weighted by molar-refractivity contribution is 5.94. The van der Waals surface area contributed by atoms with Gasteiger partial charge in [0.15, 0.2) is 11.6 Å². The van der Waals surface area contributed by atoms with E-state index in [0.29, 0.717) is 24.2 Å². The Labute approximate surface area is 151 Å². The van der Waals surface area contributed by atoms with Crippen LogP contribution in [0.2, 0.25) is 0 Å². The lowest BCUT2D eigenvalue weighted by Gasteiger charge is -2.57. The van der Waals surface area contributed by atoms with Crippen molar-refractivity contribution in [1.29, 1.82) is 0 Å². The van der Waals surface area contributed by atoms with Crippen LogP contribution in [0.15, 0.2) is 11.6 Å². The van der Waals surface area contributed by atoms with Gasteiger partial charge in [0.2, 0.25) is 0 Å². The summed E-state index contributed by atoms with van der Waals surface area (Å²) in [4.78, 5) is 13.2. The van der Waals surface area contributed by atoms with Crippen LogP contribution in [0.1, 0.15) is 65.7 Å². The summed E-state index contributed by atoms with van der Waals surface area (Å²) in [5, 5.41) is 0. The highest BCUT2D eigenvalue weighted by Gasteiger charge is 2.68. The SMILES string of the molecule is C[C@H]1CC[C@@]2(C)C(=CC(=O)C3C2CC[C@@]2(C)C3COC23CCCO3)C1. The van der Waals surface area contributed by atoms with E-state index in [2.05, 4.69) is 26.8 Å². The van der Waals surface area contributed by atoms with Gasteiger partial charge in [0.1, 0.15) is 0 Å². The molecule has 4 fully saturated rings. The van der Waals surface area contributed by atoms with Crippen LogP contribution in [0.4, 0.5) is 0 Å². The van der Waals surface area contributed by atoms with Gasteiger partial charge < -0.3 is 9.47 Å². The molecule has 4 unspecified atom stereocenters. The van der Waals surface area contributed by atoms with Crippen molar-refractivity contribution in [2.75, 3.05) is 13.2 Å². The molecule has 1 spiro atoms. The first kappa shape index (κ1) is 16.5. The number of hydrogen-bond acceptors (Lipinski definition) is 3. The number of carbonyl (C=O) groups is 1. The second-order valence-corrected chi connectivity index (χ2v) is 10.0. The lowest BCUT2D eigenvalue weighted by atomic mass is 9.46. The monoisotopic (exact) mass is 344 g/mol. The maximum Gasteiger partial charge on any atom is 0.174 e. The maximum atomic E-state index is 13.2. The van der Waals surface area contributed by atoms with Gasteiger partial charge in [-0.1, -0.05) is 26.3 Å². The number of hydrogen-bond donors (Lipinski definition) is 0. The van der Waals surface area contributed by atoms with Crippen LogP contribution in [-0.4, -0.2) is 24.8 Å². The zero-order chi connectivity index (χ0) is 17.4. The summed E-state index contributed by atoms with van der Waals surface area (Å²) in [5.74, 6) is 1.68. The van der Waals surface area contributed by atoms with E-state index in [1.807, 2.05) is 0 Å². The fourth-order valence-electron chi connectivity index (χ4n) is 7.27. The Kier molecular flexibility index (Phi) is 3.43. The molecule has 2 heterocycles. The van der Waals surface area contributed by atoms with E-state index in [1.54, 1.807) is 0 Å². The normalized spacial score (nSPS) is 54.8. The average molecular weight is 344 g/mol. The quantitative estimate of drug-likeness (QED) is 0.649. The summed E-state index contributed by atoms with van der Waals surface area (Å²) >= 11 is 0. The standard InChI is InChI=1S/C22H32O3/c1-14-5-8-20(2)15(11-14)12-18(23)19-16(20)6-9-21(3)17(19)13-25-22(21)7-4-10-24-22/h12,14,16-17,19H,4-11,13H2,1-3H3/t14-,16?,17?,19?,20-,21-,22?/m0/s1. The van der Waals surface area contributed by atoms with E-state index in [-0.39, 0.29) is 16.7 Å². The van der Waals surface area contributed by atoms with Crippen LogP contribution in [0.3, 0.4) is 0 Å². The Bertz CT molecular complexity index is 631. The zero-order valence-corrected chi connectivity index (χ0v) is 16.0. The molecule has 0 aromatic rings. The minimum atomic E-state index is -0.408. The number of carbonyl (C=O) groups excluding carboxylic acids is 1. The van der Waals surface area contributed by atoms with E-state index in [1.165, 1.54) is 18.4 Å². The summed E-state index contributed by atoms with van der Waals surface area (Å²) < 4.78 is 12.5. The first-order valence-corrected chi connectivity index (χ1v) is 10.4. The fourth-order valence-corrected chi connectivity index (χ4v) is 7.27. The minimum absolute atomic E-state index is 0.00396. The maximum absolute atomic E-state index is 13.2. The molecular weight excluding hydrogens is 312 g/mol. The van der Waals surface area contributed by atoms with Crippen LogP contribution < -0.4 is 0 Å².